The van der Waals surface area contributed by atoms with Gasteiger partial charge in [0.2, 0.25) is 0 Å². The quantitative estimate of drug-likeness (QED) is 0.225. The molecule has 1 aromatic rings. The molecule has 0 aromatic carbocycles. The number of aliphatic hydroxyl groups is 2. The first kappa shape index (κ1) is 22.8. The number of nitrogen functional groups attached to an aromatic ring is 1. The molecule has 1 saturated heterocycles. The summed E-state index contributed by atoms with van der Waals surface area (Å²) >= 11 is 4.35. The van der Waals surface area contributed by atoms with E-state index in [-0.39, 0.29) is 5.82 Å². The molecule has 1 aromatic heterocycles. The summed E-state index contributed by atoms with van der Waals surface area (Å²) in [4.78, 5) is 52.1. The van der Waals surface area contributed by atoms with Crippen LogP contribution >= 0.6 is 20.2 Å². The minimum atomic E-state index is -5.69. The van der Waals surface area contributed by atoms with Gasteiger partial charge in [-0.1, -0.05) is 0 Å². The second kappa shape index (κ2) is 7.71. The van der Waals surface area contributed by atoms with Crippen molar-refractivity contribution in [2.24, 2.45) is 0 Å². The van der Waals surface area contributed by atoms with Crippen molar-refractivity contribution in [1.82, 2.24) is 9.55 Å². The maximum absolute atomic E-state index is 11.8. The Morgan fingerprint density at radius 1 is 1.26 bits per heavy atom. The number of nitrogens with zero attached hydrogens (tertiary/aromatic N) is 2. The van der Waals surface area contributed by atoms with Crippen molar-refractivity contribution in [1.29, 1.82) is 0 Å². The molecule has 14 nitrogen and oxygen atoms in total. The Bertz CT molecular complexity index is 918. The Labute approximate surface area is 155 Å². The predicted molar refractivity (Wildman–Crippen MR) is 93.2 cm³/mol. The first-order valence-corrected chi connectivity index (χ1v) is 14.3. The lowest BCUT2D eigenvalue weighted by Gasteiger charge is -2.23. The van der Waals surface area contributed by atoms with Gasteiger partial charge in [-0.05, 0) is 17.9 Å². The lowest BCUT2D eigenvalue weighted by Crippen LogP contribution is -2.36. The fourth-order valence-corrected chi connectivity index (χ4v) is 10.3. The molecule has 2 unspecified atom stereocenters. The highest BCUT2D eigenvalue weighted by molar-refractivity contribution is 8.69. The smallest absolute Gasteiger partial charge is 0.387 e. The van der Waals surface area contributed by atoms with Crippen molar-refractivity contribution in [2.45, 2.75) is 24.5 Å². The van der Waals surface area contributed by atoms with Crippen LogP contribution in [0.25, 0.3) is 0 Å². The average Bonchev–Trinajstić information content (AvgIpc) is 2.80. The standard InChI is InChI=1S/C9H16N3O11P3S/c10-5-1-2-12(9(15)11-5)8-7(14)6(13)4(23-8)3-22-26(21,27)25(19,20)24(16,17)18/h1-2,4,6-8,13-14H,3H2,(H,19,20)(H,21,27)(H2,10,11,15)(H2,16,17,18)/t4-,6-,7-,8-,26?/m0/s1. The third kappa shape index (κ3) is 4.40. The molecule has 27 heavy (non-hydrogen) atoms. The Balaban J connectivity index is 2.17. The van der Waals surface area contributed by atoms with Gasteiger partial charge >= 0.3 is 19.7 Å². The van der Waals surface area contributed by atoms with Gasteiger partial charge in [0.15, 0.2) is 6.23 Å². The van der Waals surface area contributed by atoms with Gasteiger partial charge in [-0.3, -0.25) is 9.13 Å². The van der Waals surface area contributed by atoms with Crippen LogP contribution in [0.4, 0.5) is 5.82 Å². The van der Waals surface area contributed by atoms with Crippen LogP contribution in [0.15, 0.2) is 17.1 Å². The molecular formula is C9H16N3O11P3S. The number of ether oxygens (including phenoxy) is 1. The number of aromatic nitrogens is 2. The summed E-state index contributed by atoms with van der Waals surface area (Å²) in [5.74, 6) is -0.0960. The SMILES string of the molecule is Nc1ccn([C@H]2O[C@@H](COP(O)(=S)P(=O)(O)P(=O)(O)O)[C@H](O)[C@@H]2O)c(=O)n1. The molecule has 154 valence electrons. The predicted octanol–water partition coefficient (Wildman–Crippen LogP) is -1.96. The van der Waals surface area contributed by atoms with Crippen molar-refractivity contribution in [2.75, 3.05) is 12.3 Å². The van der Waals surface area contributed by atoms with Gasteiger partial charge in [0.1, 0.15) is 24.1 Å². The molecule has 2 heterocycles. The minimum absolute atomic E-state index is 0.0960. The molecule has 1 fully saturated rings. The number of hydrogen-bond donors (Lipinski definition) is 7. The van der Waals surface area contributed by atoms with E-state index >= 15 is 0 Å². The highest BCUT2D eigenvalue weighted by Crippen LogP contribution is 2.94. The van der Waals surface area contributed by atoms with Gasteiger partial charge in [-0.15, -0.1) is 0 Å². The molecular weight excluding hydrogens is 451 g/mol. The molecule has 0 saturated carbocycles. The summed E-state index contributed by atoms with van der Waals surface area (Å²) in [7, 11) is -5.69. The van der Waals surface area contributed by atoms with E-state index in [9.17, 15) is 33.9 Å². The maximum Gasteiger partial charge on any atom is 0.416 e. The van der Waals surface area contributed by atoms with Gasteiger partial charge in [0.05, 0.1) is 6.61 Å². The van der Waals surface area contributed by atoms with Crippen LogP contribution in [-0.4, -0.2) is 64.3 Å². The van der Waals surface area contributed by atoms with Gasteiger partial charge in [-0.25, -0.2) is 9.36 Å². The Morgan fingerprint density at radius 3 is 2.37 bits per heavy atom. The van der Waals surface area contributed by atoms with Crippen LogP contribution in [0.3, 0.4) is 0 Å². The molecule has 18 heteroatoms. The van der Waals surface area contributed by atoms with Gasteiger partial charge in [-0.2, -0.15) is 4.98 Å². The van der Waals surface area contributed by atoms with Gasteiger partial charge in [0.25, 0.3) is 6.18 Å². The second-order valence-corrected chi connectivity index (χ2v) is 18.4. The molecule has 0 bridgehead atoms. The highest BCUT2D eigenvalue weighted by atomic mass is 32.8. The Morgan fingerprint density at radius 2 is 1.85 bits per heavy atom. The van der Waals surface area contributed by atoms with Crippen molar-refractivity contribution in [3.05, 3.63) is 22.7 Å². The molecule has 6 atom stereocenters. The number of nitrogens with two attached hydrogens (primary N) is 1. The summed E-state index contributed by atoms with van der Waals surface area (Å²) in [5.41, 5.74) is 4.44. The number of rotatable bonds is 6. The highest BCUT2D eigenvalue weighted by Gasteiger charge is 2.54. The maximum atomic E-state index is 11.8. The minimum Gasteiger partial charge on any atom is -0.387 e. The zero-order chi connectivity index (χ0) is 20.8. The zero-order valence-electron chi connectivity index (χ0n) is 13.1. The number of hydrogen-bond acceptors (Lipinski definition) is 10. The zero-order valence-corrected chi connectivity index (χ0v) is 16.6. The molecule has 8 N–H and O–H groups in total. The molecule has 0 spiro atoms. The Kier molecular flexibility index (Phi) is 6.50. The van der Waals surface area contributed by atoms with Crippen LogP contribution in [0, 0.1) is 0 Å². The number of aliphatic hydroxyl groups excluding tert-OH is 2. The van der Waals surface area contributed by atoms with E-state index < -0.39 is 57.0 Å². The van der Waals surface area contributed by atoms with E-state index in [0.717, 1.165) is 10.8 Å². The van der Waals surface area contributed by atoms with E-state index in [4.69, 9.17) is 20.3 Å². The van der Waals surface area contributed by atoms with Crippen LogP contribution in [0.2, 0.25) is 0 Å². The lowest BCUT2D eigenvalue weighted by atomic mass is 10.1. The molecule has 1 aliphatic rings. The molecule has 2 rings (SSSR count). The Hall–Kier alpha value is -0.530. The monoisotopic (exact) mass is 467 g/mol. The van der Waals surface area contributed by atoms with Crippen LogP contribution < -0.4 is 11.4 Å². The molecule has 0 radical (unpaired) electrons. The normalized spacial score (nSPS) is 30.6. The van der Waals surface area contributed by atoms with Crippen LogP contribution in [-0.2, 0) is 30.2 Å². The van der Waals surface area contributed by atoms with Crippen molar-refractivity contribution < 1.29 is 48.2 Å². The fourth-order valence-electron chi connectivity index (χ4n) is 2.11. The summed E-state index contributed by atoms with van der Waals surface area (Å²) in [6.45, 7) is -6.51. The summed E-state index contributed by atoms with van der Waals surface area (Å²) in [5, 5.41) is 20.0. The summed E-state index contributed by atoms with van der Waals surface area (Å²) in [6, 6.07) is 1.23. The van der Waals surface area contributed by atoms with Crippen LogP contribution in [0.5, 0.6) is 0 Å². The topological polar surface area (TPSA) is 235 Å². The van der Waals surface area contributed by atoms with E-state index in [1.165, 1.54) is 6.07 Å². The summed E-state index contributed by atoms with van der Waals surface area (Å²) < 4.78 is 33.4. The summed E-state index contributed by atoms with van der Waals surface area (Å²) in [6.07, 6.45) is -10.0. The largest absolute Gasteiger partial charge is 0.416 e. The average molecular weight is 467 g/mol. The van der Waals surface area contributed by atoms with E-state index in [1.54, 1.807) is 0 Å². The first-order valence-electron chi connectivity index (χ1n) is 6.92. The lowest BCUT2D eigenvalue weighted by molar-refractivity contribution is -0.0511. The van der Waals surface area contributed by atoms with Crippen molar-refractivity contribution in [3.63, 3.8) is 0 Å². The molecule has 1 aliphatic heterocycles. The van der Waals surface area contributed by atoms with E-state index in [0.29, 0.717) is 0 Å². The second-order valence-electron chi connectivity index (χ2n) is 5.40. The molecule has 0 aliphatic carbocycles. The number of anilines is 1. The third-order valence-electron chi connectivity index (χ3n) is 3.54. The molecule has 0 amide bonds. The van der Waals surface area contributed by atoms with Crippen molar-refractivity contribution >= 4 is 37.8 Å². The fraction of sp³-hybridized carbons (Fsp3) is 0.556. The van der Waals surface area contributed by atoms with Crippen LogP contribution in [0.1, 0.15) is 6.23 Å². The first-order chi connectivity index (χ1) is 12.2. The van der Waals surface area contributed by atoms with Gasteiger partial charge < -0.3 is 44.8 Å². The van der Waals surface area contributed by atoms with E-state index in [1.807, 2.05) is 0 Å². The van der Waals surface area contributed by atoms with Crippen molar-refractivity contribution in [3.8, 4) is 0 Å². The third-order valence-corrected chi connectivity index (χ3v) is 17.4. The van der Waals surface area contributed by atoms with Gasteiger partial charge in [0, 0.05) is 6.20 Å². The van der Waals surface area contributed by atoms with E-state index in [2.05, 4.69) is 21.3 Å².